The SMILES string of the molecule is CC1CN=C(NC23CC4CC(C)(CC(C)(C4)C2)C3)S1. The fourth-order valence-electron chi connectivity index (χ4n) is 6.36. The van der Waals surface area contributed by atoms with Crippen molar-refractivity contribution in [2.75, 3.05) is 6.54 Å². The summed E-state index contributed by atoms with van der Waals surface area (Å²) in [7, 11) is 0. The Labute approximate surface area is 121 Å². The van der Waals surface area contributed by atoms with Crippen LogP contribution >= 0.6 is 11.8 Å². The van der Waals surface area contributed by atoms with E-state index in [1.165, 1.54) is 43.7 Å². The molecule has 0 aromatic carbocycles. The van der Waals surface area contributed by atoms with E-state index < -0.39 is 0 Å². The normalized spacial score (nSPS) is 55.4. The Morgan fingerprint density at radius 3 is 2.32 bits per heavy atom. The zero-order valence-corrected chi connectivity index (χ0v) is 13.3. The molecule has 3 heteroatoms. The van der Waals surface area contributed by atoms with Gasteiger partial charge in [-0.25, -0.2) is 0 Å². The number of nitrogens with one attached hydrogen (secondary N) is 1. The van der Waals surface area contributed by atoms with Crippen molar-refractivity contribution in [3.05, 3.63) is 0 Å². The van der Waals surface area contributed by atoms with Crippen molar-refractivity contribution in [3.8, 4) is 0 Å². The lowest BCUT2D eigenvalue weighted by atomic mass is 9.43. The Balaban J connectivity index is 1.60. The van der Waals surface area contributed by atoms with Gasteiger partial charge in [0.25, 0.3) is 0 Å². The number of aliphatic imine (C=N–C) groups is 1. The van der Waals surface area contributed by atoms with Gasteiger partial charge in [0.2, 0.25) is 0 Å². The molecular formula is C16H26N2S. The highest BCUT2D eigenvalue weighted by molar-refractivity contribution is 8.14. The molecule has 0 aromatic rings. The van der Waals surface area contributed by atoms with Gasteiger partial charge in [-0.15, -0.1) is 0 Å². The quantitative estimate of drug-likeness (QED) is 0.788. The molecule has 3 unspecified atom stereocenters. The first kappa shape index (κ1) is 12.6. The van der Waals surface area contributed by atoms with Crippen molar-refractivity contribution in [2.45, 2.75) is 70.1 Å². The zero-order chi connectivity index (χ0) is 13.3. The van der Waals surface area contributed by atoms with Gasteiger partial charge in [-0.3, -0.25) is 4.99 Å². The molecule has 106 valence electrons. The van der Waals surface area contributed by atoms with Gasteiger partial charge in [0, 0.05) is 10.8 Å². The maximum atomic E-state index is 4.71. The summed E-state index contributed by atoms with van der Waals surface area (Å²) in [6, 6.07) is 0. The van der Waals surface area contributed by atoms with Crippen LogP contribution in [-0.2, 0) is 0 Å². The largest absolute Gasteiger partial charge is 0.359 e. The molecule has 4 fully saturated rings. The number of nitrogens with zero attached hydrogens (tertiary/aromatic N) is 1. The van der Waals surface area contributed by atoms with Crippen molar-refractivity contribution >= 4 is 16.9 Å². The van der Waals surface area contributed by atoms with Gasteiger partial charge >= 0.3 is 0 Å². The van der Waals surface area contributed by atoms with Crippen LogP contribution in [0, 0.1) is 16.7 Å². The Bertz CT molecular complexity index is 426. The van der Waals surface area contributed by atoms with Crippen LogP contribution in [0.25, 0.3) is 0 Å². The third-order valence-electron chi connectivity index (χ3n) is 5.80. The monoisotopic (exact) mass is 278 g/mol. The predicted octanol–water partition coefficient (Wildman–Crippen LogP) is 3.82. The van der Waals surface area contributed by atoms with Crippen LogP contribution in [0.4, 0.5) is 0 Å². The minimum absolute atomic E-state index is 0.374. The molecule has 0 aromatic heterocycles. The van der Waals surface area contributed by atoms with E-state index in [4.69, 9.17) is 4.99 Å². The van der Waals surface area contributed by atoms with E-state index >= 15 is 0 Å². The van der Waals surface area contributed by atoms with E-state index in [1.807, 2.05) is 11.8 Å². The van der Waals surface area contributed by atoms with Crippen LogP contribution in [0.3, 0.4) is 0 Å². The highest BCUT2D eigenvalue weighted by Crippen LogP contribution is 2.66. The van der Waals surface area contributed by atoms with Crippen molar-refractivity contribution in [3.63, 3.8) is 0 Å². The van der Waals surface area contributed by atoms with E-state index in [0.717, 1.165) is 12.5 Å². The minimum Gasteiger partial charge on any atom is -0.359 e. The maximum absolute atomic E-state index is 4.71. The molecule has 3 atom stereocenters. The maximum Gasteiger partial charge on any atom is 0.157 e. The highest BCUT2D eigenvalue weighted by atomic mass is 32.2. The van der Waals surface area contributed by atoms with Crippen LogP contribution in [0.2, 0.25) is 0 Å². The second-order valence-corrected chi connectivity index (χ2v) is 10.0. The molecule has 1 heterocycles. The Kier molecular flexibility index (Phi) is 2.46. The molecular weight excluding hydrogens is 252 g/mol. The molecule has 1 aliphatic heterocycles. The summed E-state index contributed by atoms with van der Waals surface area (Å²) in [4.78, 5) is 4.71. The first-order valence-electron chi connectivity index (χ1n) is 7.87. The summed E-state index contributed by atoms with van der Waals surface area (Å²) < 4.78 is 0. The van der Waals surface area contributed by atoms with Crippen molar-refractivity contribution < 1.29 is 0 Å². The Morgan fingerprint density at radius 2 is 1.79 bits per heavy atom. The van der Waals surface area contributed by atoms with Gasteiger partial charge in [0.1, 0.15) is 0 Å². The second-order valence-electron chi connectivity index (χ2n) is 8.61. The third-order valence-corrected chi connectivity index (χ3v) is 6.81. The van der Waals surface area contributed by atoms with E-state index in [2.05, 4.69) is 26.1 Å². The number of hydrogen-bond donors (Lipinski definition) is 1. The van der Waals surface area contributed by atoms with Gasteiger partial charge in [-0.2, -0.15) is 0 Å². The number of rotatable bonds is 1. The van der Waals surface area contributed by atoms with E-state index in [1.54, 1.807) is 0 Å². The van der Waals surface area contributed by atoms with Crippen LogP contribution < -0.4 is 5.32 Å². The molecule has 4 aliphatic carbocycles. The predicted molar refractivity (Wildman–Crippen MR) is 82.6 cm³/mol. The van der Waals surface area contributed by atoms with Crippen LogP contribution in [0.1, 0.15) is 59.3 Å². The summed E-state index contributed by atoms with van der Waals surface area (Å²) in [5.41, 5.74) is 1.56. The van der Waals surface area contributed by atoms with Crippen molar-refractivity contribution in [1.82, 2.24) is 5.32 Å². The molecule has 2 nitrogen and oxygen atoms in total. The summed E-state index contributed by atoms with van der Waals surface area (Å²) >= 11 is 1.95. The Hall–Kier alpha value is -0.180. The lowest BCUT2D eigenvalue weighted by Crippen LogP contribution is -2.64. The summed E-state index contributed by atoms with van der Waals surface area (Å²) in [5.74, 6) is 0.961. The molecule has 4 saturated carbocycles. The fraction of sp³-hybridized carbons (Fsp3) is 0.938. The minimum atomic E-state index is 0.374. The van der Waals surface area contributed by atoms with E-state index in [9.17, 15) is 0 Å². The van der Waals surface area contributed by atoms with Crippen LogP contribution in [-0.4, -0.2) is 22.5 Å². The average molecular weight is 278 g/mol. The number of amidine groups is 1. The first-order chi connectivity index (χ1) is 8.88. The van der Waals surface area contributed by atoms with Crippen LogP contribution in [0.15, 0.2) is 4.99 Å². The Morgan fingerprint density at radius 1 is 1.11 bits per heavy atom. The standard InChI is InChI=1S/C16H26N2S/c1-11-7-17-13(19-11)18-16-6-12-4-14(2,9-16)8-15(3,5-12)10-16/h11-12H,4-10H2,1-3H3,(H,17,18). The molecule has 5 rings (SSSR count). The second kappa shape index (κ2) is 3.72. The molecule has 1 N–H and O–H groups in total. The van der Waals surface area contributed by atoms with Gasteiger partial charge < -0.3 is 5.32 Å². The lowest BCUT2D eigenvalue weighted by molar-refractivity contribution is -0.111. The molecule has 4 bridgehead atoms. The molecule has 5 aliphatic rings. The van der Waals surface area contributed by atoms with E-state index in [-0.39, 0.29) is 0 Å². The van der Waals surface area contributed by atoms with Gasteiger partial charge in [-0.1, -0.05) is 32.5 Å². The lowest BCUT2D eigenvalue weighted by Gasteiger charge is -2.65. The third kappa shape index (κ3) is 2.03. The summed E-state index contributed by atoms with van der Waals surface area (Å²) in [5, 5.41) is 5.82. The van der Waals surface area contributed by atoms with Crippen molar-refractivity contribution in [1.29, 1.82) is 0 Å². The number of thioether (sulfide) groups is 1. The first-order valence-corrected chi connectivity index (χ1v) is 8.75. The molecule has 19 heavy (non-hydrogen) atoms. The number of hydrogen-bond acceptors (Lipinski definition) is 3. The van der Waals surface area contributed by atoms with Crippen LogP contribution in [0.5, 0.6) is 0 Å². The van der Waals surface area contributed by atoms with Gasteiger partial charge in [-0.05, 0) is 55.3 Å². The molecule has 0 saturated heterocycles. The van der Waals surface area contributed by atoms with Gasteiger partial charge in [0.15, 0.2) is 5.17 Å². The smallest absolute Gasteiger partial charge is 0.157 e. The highest BCUT2D eigenvalue weighted by Gasteiger charge is 2.60. The topological polar surface area (TPSA) is 24.4 Å². The molecule has 0 spiro atoms. The van der Waals surface area contributed by atoms with E-state index in [0.29, 0.717) is 21.6 Å². The van der Waals surface area contributed by atoms with Gasteiger partial charge in [0.05, 0.1) is 6.54 Å². The molecule has 0 amide bonds. The zero-order valence-electron chi connectivity index (χ0n) is 12.5. The van der Waals surface area contributed by atoms with Crippen molar-refractivity contribution in [2.24, 2.45) is 21.7 Å². The fourth-order valence-corrected chi connectivity index (χ4v) is 7.31. The molecule has 0 radical (unpaired) electrons. The average Bonchev–Trinajstić information content (AvgIpc) is 2.56. The summed E-state index contributed by atoms with van der Waals surface area (Å²) in [6.45, 7) is 8.36. The summed E-state index contributed by atoms with van der Waals surface area (Å²) in [6.07, 6.45) is 8.55.